The van der Waals surface area contributed by atoms with Crippen LogP contribution in [-0.4, -0.2) is 18.6 Å². The van der Waals surface area contributed by atoms with Crippen molar-refractivity contribution in [1.82, 2.24) is 10.3 Å². The van der Waals surface area contributed by atoms with E-state index in [4.69, 9.17) is 0 Å². The molecular formula is C10H12N2O. The van der Waals surface area contributed by atoms with E-state index >= 15 is 0 Å². The smallest absolute Gasteiger partial charge is 0.248 e. The van der Waals surface area contributed by atoms with Crippen molar-refractivity contribution in [3.8, 4) is 11.8 Å². The topological polar surface area (TPSA) is 44.9 Å². The van der Waals surface area contributed by atoms with Crippen LogP contribution in [-0.2, 0) is 0 Å². The lowest BCUT2D eigenvalue weighted by molar-refractivity contribution is 0.938. The molecule has 68 valence electrons. The van der Waals surface area contributed by atoms with Crippen LogP contribution in [0.2, 0.25) is 0 Å². The van der Waals surface area contributed by atoms with E-state index in [1.54, 1.807) is 6.07 Å². The first kappa shape index (κ1) is 9.56. The second-order valence-corrected chi connectivity index (χ2v) is 2.69. The van der Waals surface area contributed by atoms with Crippen LogP contribution in [0.1, 0.15) is 11.3 Å². The molecular weight excluding hydrogens is 164 g/mol. The van der Waals surface area contributed by atoms with Gasteiger partial charge in [-0.2, -0.15) is 0 Å². The normalized spacial score (nSPS) is 9.08. The maximum atomic E-state index is 10.9. The van der Waals surface area contributed by atoms with E-state index in [-0.39, 0.29) is 5.56 Å². The molecule has 1 heterocycles. The Labute approximate surface area is 77.2 Å². The molecule has 13 heavy (non-hydrogen) atoms. The number of aromatic nitrogens is 1. The molecule has 0 bridgehead atoms. The standard InChI is InChI=1S/C10H12N2O/c1-8-9(4-3-7-11-2)5-6-10(13)12-8/h5-6,11H,7H2,1-2H3,(H,12,13). The summed E-state index contributed by atoms with van der Waals surface area (Å²) in [5.41, 5.74) is 1.60. The Hall–Kier alpha value is -1.53. The highest BCUT2D eigenvalue weighted by molar-refractivity contribution is 5.36. The monoisotopic (exact) mass is 176 g/mol. The molecule has 1 rings (SSSR count). The van der Waals surface area contributed by atoms with Crippen LogP contribution in [0.25, 0.3) is 0 Å². The van der Waals surface area contributed by atoms with Crippen molar-refractivity contribution in [2.45, 2.75) is 6.92 Å². The third-order valence-electron chi connectivity index (χ3n) is 1.60. The molecule has 3 heteroatoms. The lowest BCUT2D eigenvalue weighted by Gasteiger charge is -1.94. The van der Waals surface area contributed by atoms with Gasteiger partial charge < -0.3 is 10.3 Å². The summed E-state index contributed by atoms with van der Waals surface area (Å²) < 4.78 is 0. The molecule has 0 saturated carbocycles. The number of pyridine rings is 1. The largest absolute Gasteiger partial charge is 0.325 e. The quantitative estimate of drug-likeness (QED) is 0.603. The highest BCUT2D eigenvalue weighted by Gasteiger charge is 1.92. The highest BCUT2D eigenvalue weighted by atomic mass is 16.1. The first-order valence-corrected chi connectivity index (χ1v) is 4.07. The van der Waals surface area contributed by atoms with Crippen LogP contribution in [0.5, 0.6) is 0 Å². The van der Waals surface area contributed by atoms with Crippen LogP contribution in [0.15, 0.2) is 16.9 Å². The molecule has 3 nitrogen and oxygen atoms in total. The average molecular weight is 176 g/mol. The summed E-state index contributed by atoms with van der Waals surface area (Å²) in [5.74, 6) is 5.89. The predicted octanol–water partition coefficient (Wildman–Crippen LogP) is 0.254. The zero-order chi connectivity index (χ0) is 9.68. The highest BCUT2D eigenvalue weighted by Crippen LogP contribution is 1.97. The van der Waals surface area contributed by atoms with Gasteiger partial charge in [-0.1, -0.05) is 11.8 Å². The lowest BCUT2D eigenvalue weighted by atomic mass is 10.2. The van der Waals surface area contributed by atoms with Gasteiger partial charge in [0, 0.05) is 17.3 Å². The van der Waals surface area contributed by atoms with E-state index < -0.39 is 0 Å². The molecule has 1 aromatic heterocycles. The van der Waals surface area contributed by atoms with Crippen molar-refractivity contribution in [2.75, 3.05) is 13.6 Å². The van der Waals surface area contributed by atoms with Gasteiger partial charge in [0.2, 0.25) is 5.56 Å². The van der Waals surface area contributed by atoms with Gasteiger partial charge in [0.15, 0.2) is 0 Å². The average Bonchev–Trinajstić information content (AvgIpc) is 2.09. The molecule has 0 spiro atoms. The zero-order valence-corrected chi connectivity index (χ0v) is 7.77. The molecule has 2 N–H and O–H groups in total. The van der Waals surface area contributed by atoms with Crippen LogP contribution in [0, 0.1) is 18.8 Å². The minimum absolute atomic E-state index is 0.0864. The Bertz CT molecular complexity index is 395. The molecule has 0 aliphatic heterocycles. The van der Waals surface area contributed by atoms with E-state index in [9.17, 15) is 4.79 Å². The number of aromatic amines is 1. The number of nitrogens with one attached hydrogen (secondary N) is 2. The SMILES string of the molecule is CNCC#Cc1ccc(=O)[nH]c1C. The Balaban J connectivity index is 2.92. The minimum atomic E-state index is -0.0864. The summed E-state index contributed by atoms with van der Waals surface area (Å²) in [7, 11) is 1.84. The summed E-state index contributed by atoms with van der Waals surface area (Å²) in [6.07, 6.45) is 0. The van der Waals surface area contributed by atoms with Gasteiger partial charge in [-0.25, -0.2) is 0 Å². The summed E-state index contributed by atoms with van der Waals surface area (Å²) in [4.78, 5) is 13.5. The van der Waals surface area contributed by atoms with Gasteiger partial charge >= 0.3 is 0 Å². The third kappa shape index (κ3) is 2.77. The number of aryl methyl sites for hydroxylation is 1. The van der Waals surface area contributed by atoms with Gasteiger partial charge in [0.05, 0.1) is 6.54 Å². The Kier molecular flexibility index (Phi) is 3.30. The van der Waals surface area contributed by atoms with Gasteiger partial charge in [-0.15, -0.1) is 0 Å². The summed E-state index contributed by atoms with van der Waals surface area (Å²) in [5, 5.41) is 2.92. The van der Waals surface area contributed by atoms with Gasteiger partial charge in [0.1, 0.15) is 0 Å². The van der Waals surface area contributed by atoms with Crippen LogP contribution >= 0.6 is 0 Å². The zero-order valence-electron chi connectivity index (χ0n) is 7.77. The minimum Gasteiger partial charge on any atom is -0.325 e. The Morgan fingerprint density at radius 2 is 2.31 bits per heavy atom. The summed E-state index contributed by atoms with van der Waals surface area (Å²) >= 11 is 0. The fraction of sp³-hybridized carbons (Fsp3) is 0.300. The van der Waals surface area contributed by atoms with Crippen molar-refractivity contribution in [3.63, 3.8) is 0 Å². The molecule has 0 aliphatic carbocycles. The van der Waals surface area contributed by atoms with Gasteiger partial charge in [-0.05, 0) is 20.0 Å². The Morgan fingerprint density at radius 1 is 1.54 bits per heavy atom. The van der Waals surface area contributed by atoms with Crippen LogP contribution in [0.3, 0.4) is 0 Å². The number of hydrogen-bond donors (Lipinski definition) is 2. The van der Waals surface area contributed by atoms with Crippen molar-refractivity contribution < 1.29 is 0 Å². The molecule has 0 atom stereocenters. The third-order valence-corrected chi connectivity index (χ3v) is 1.60. The summed E-state index contributed by atoms with van der Waals surface area (Å²) in [6, 6.07) is 3.22. The maximum absolute atomic E-state index is 10.9. The Morgan fingerprint density at radius 3 is 2.92 bits per heavy atom. The molecule has 0 unspecified atom stereocenters. The molecule has 0 saturated heterocycles. The van der Waals surface area contributed by atoms with E-state index in [2.05, 4.69) is 22.1 Å². The number of hydrogen-bond acceptors (Lipinski definition) is 2. The number of H-pyrrole nitrogens is 1. The van der Waals surface area contributed by atoms with E-state index in [1.165, 1.54) is 6.07 Å². The maximum Gasteiger partial charge on any atom is 0.248 e. The lowest BCUT2D eigenvalue weighted by Crippen LogP contribution is -2.07. The van der Waals surface area contributed by atoms with Crippen LogP contribution in [0.4, 0.5) is 0 Å². The summed E-state index contributed by atoms with van der Waals surface area (Å²) in [6.45, 7) is 2.49. The predicted molar refractivity (Wildman–Crippen MR) is 52.6 cm³/mol. The molecule has 0 aromatic carbocycles. The van der Waals surface area contributed by atoms with Gasteiger partial charge in [0.25, 0.3) is 0 Å². The van der Waals surface area contributed by atoms with Crippen molar-refractivity contribution in [3.05, 3.63) is 33.7 Å². The van der Waals surface area contributed by atoms with Crippen LogP contribution < -0.4 is 10.9 Å². The second kappa shape index (κ2) is 4.48. The first-order valence-electron chi connectivity index (χ1n) is 4.07. The van der Waals surface area contributed by atoms with Crippen molar-refractivity contribution in [2.24, 2.45) is 0 Å². The van der Waals surface area contributed by atoms with Crippen molar-refractivity contribution in [1.29, 1.82) is 0 Å². The fourth-order valence-electron chi connectivity index (χ4n) is 0.941. The molecule has 0 fully saturated rings. The van der Waals surface area contributed by atoms with E-state index in [1.807, 2.05) is 14.0 Å². The second-order valence-electron chi connectivity index (χ2n) is 2.69. The van der Waals surface area contributed by atoms with Crippen molar-refractivity contribution >= 4 is 0 Å². The molecule has 1 aromatic rings. The molecule has 0 radical (unpaired) electrons. The first-order chi connectivity index (χ1) is 6.24. The fourth-order valence-corrected chi connectivity index (χ4v) is 0.941. The molecule has 0 amide bonds. The van der Waals surface area contributed by atoms with Gasteiger partial charge in [-0.3, -0.25) is 4.79 Å². The molecule has 0 aliphatic rings. The van der Waals surface area contributed by atoms with E-state index in [0.29, 0.717) is 6.54 Å². The van der Waals surface area contributed by atoms with E-state index in [0.717, 1.165) is 11.3 Å². The number of rotatable bonds is 1.